The van der Waals surface area contributed by atoms with Crippen LogP contribution in [0.3, 0.4) is 0 Å². The SMILES string of the molecule is CC1(C)Cc2c(ccc3ccccc23)C(CCl)[NH2+]1. The normalized spacial score (nSPS) is 21.8. The summed E-state index contributed by atoms with van der Waals surface area (Å²) in [6.45, 7) is 4.61. The van der Waals surface area contributed by atoms with Crippen LogP contribution in [0.15, 0.2) is 36.4 Å². The van der Waals surface area contributed by atoms with Gasteiger partial charge in [-0.05, 0) is 30.2 Å². The molecule has 0 saturated heterocycles. The second-order valence-electron chi connectivity index (χ2n) is 5.95. The predicted molar refractivity (Wildman–Crippen MR) is 77.1 cm³/mol. The zero-order valence-electron chi connectivity index (χ0n) is 10.9. The van der Waals surface area contributed by atoms with Crippen molar-refractivity contribution >= 4 is 22.4 Å². The van der Waals surface area contributed by atoms with Crippen molar-refractivity contribution in [2.75, 3.05) is 5.88 Å². The van der Waals surface area contributed by atoms with Crippen LogP contribution in [0, 0.1) is 0 Å². The molecule has 18 heavy (non-hydrogen) atoms. The van der Waals surface area contributed by atoms with E-state index in [2.05, 4.69) is 55.6 Å². The quantitative estimate of drug-likeness (QED) is 0.759. The monoisotopic (exact) mass is 260 g/mol. The summed E-state index contributed by atoms with van der Waals surface area (Å²) in [7, 11) is 0. The molecular weight excluding hydrogens is 242 g/mol. The van der Waals surface area contributed by atoms with Crippen LogP contribution >= 0.6 is 11.6 Å². The maximum atomic E-state index is 6.16. The molecule has 1 aliphatic heterocycles. The van der Waals surface area contributed by atoms with Crippen molar-refractivity contribution in [2.24, 2.45) is 0 Å². The first kappa shape index (κ1) is 12.0. The molecule has 2 aromatic rings. The molecule has 1 nitrogen and oxygen atoms in total. The van der Waals surface area contributed by atoms with E-state index in [0.717, 1.165) is 6.42 Å². The number of alkyl halides is 1. The molecule has 1 heterocycles. The van der Waals surface area contributed by atoms with Crippen molar-refractivity contribution in [3.63, 3.8) is 0 Å². The molecular formula is C16H19ClN+. The third-order valence-electron chi connectivity index (χ3n) is 3.93. The number of rotatable bonds is 1. The number of halogens is 1. The lowest BCUT2D eigenvalue weighted by molar-refractivity contribution is -0.756. The Balaban J connectivity index is 2.25. The molecule has 0 aromatic heterocycles. The highest BCUT2D eigenvalue weighted by Gasteiger charge is 2.35. The lowest BCUT2D eigenvalue weighted by Gasteiger charge is -2.35. The molecule has 1 aliphatic rings. The molecule has 0 amide bonds. The van der Waals surface area contributed by atoms with Crippen molar-refractivity contribution < 1.29 is 5.32 Å². The third kappa shape index (κ3) is 1.92. The van der Waals surface area contributed by atoms with E-state index in [-0.39, 0.29) is 5.54 Å². The van der Waals surface area contributed by atoms with Crippen LogP contribution in [0.2, 0.25) is 0 Å². The summed E-state index contributed by atoms with van der Waals surface area (Å²) in [4.78, 5) is 0. The van der Waals surface area contributed by atoms with Crippen molar-refractivity contribution in [1.82, 2.24) is 0 Å². The molecule has 0 spiro atoms. The van der Waals surface area contributed by atoms with Crippen LogP contribution in [0.1, 0.15) is 31.0 Å². The summed E-state index contributed by atoms with van der Waals surface area (Å²) in [5.74, 6) is 0.675. The highest BCUT2D eigenvalue weighted by Crippen LogP contribution is 2.31. The Labute approximate surface area is 113 Å². The van der Waals surface area contributed by atoms with Crippen LogP contribution in [0.5, 0.6) is 0 Å². The smallest absolute Gasteiger partial charge is 0.126 e. The Morgan fingerprint density at radius 1 is 1.22 bits per heavy atom. The molecule has 1 unspecified atom stereocenters. The minimum absolute atomic E-state index is 0.233. The Morgan fingerprint density at radius 2 is 2.00 bits per heavy atom. The summed E-state index contributed by atoms with van der Waals surface area (Å²) in [6, 6.07) is 13.5. The molecule has 94 valence electrons. The van der Waals surface area contributed by atoms with Crippen LogP contribution in [-0.4, -0.2) is 11.4 Å². The van der Waals surface area contributed by atoms with Crippen molar-refractivity contribution in [3.05, 3.63) is 47.5 Å². The van der Waals surface area contributed by atoms with Gasteiger partial charge in [0.25, 0.3) is 0 Å². The molecule has 2 N–H and O–H groups in total. The second-order valence-corrected chi connectivity index (χ2v) is 6.26. The number of fused-ring (bicyclic) bond motifs is 3. The third-order valence-corrected chi connectivity index (χ3v) is 4.26. The van der Waals surface area contributed by atoms with E-state index < -0.39 is 0 Å². The van der Waals surface area contributed by atoms with Gasteiger partial charge in [-0.25, -0.2) is 0 Å². The number of nitrogens with two attached hydrogens (primary N) is 1. The Kier molecular flexibility index (Phi) is 2.84. The molecule has 0 radical (unpaired) electrons. The highest BCUT2D eigenvalue weighted by molar-refractivity contribution is 6.18. The fourth-order valence-corrected chi connectivity index (χ4v) is 3.43. The Morgan fingerprint density at radius 3 is 2.78 bits per heavy atom. The second kappa shape index (κ2) is 4.25. The van der Waals surface area contributed by atoms with E-state index in [1.54, 1.807) is 0 Å². The average Bonchev–Trinajstić information content (AvgIpc) is 2.36. The highest BCUT2D eigenvalue weighted by atomic mass is 35.5. The van der Waals surface area contributed by atoms with Gasteiger partial charge in [0.2, 0.25) is 0 Å². The Hall–Kier alpha value is -1.05. The van der Waals surface area contributed by atoms with Crippen molar-refractivity contribution in [3.8, 4) is 0 Å². The van der Waals surface area contributed by atoms with E-state index >= 15 is 0 Å². The van der Waals surface area contributed by atoms with E-state index in [4.69, 9.17) is 11.6 Å². The maximum absolute atomic E-state index is 6.16. The first-order valence-electron chi connectivity index (χ1n) is 6.53. The fraction of sp³-hybridized carbons (Fsp3) is 0.375. The van der Waals surface area contributed by atoms with Gasteiger partial charge in [-0.3, -0.25) is 0 Å². The van der Waals surface area contributed by atoms with Gasteiger partial charge in [-0.1, -0.05) is 36.4 Å². The van der Waals surface area contributed by atoms with Gasteiger partial charge in [0, 0.05) is 12.0 Å². The van der Waals surface area contributed by atoms with Crippen LogP contribution < -0.4 is 5.32 Å². The molecule has 1 atom stereocenters. The zero-order chi connectivity index (χ0) is 12.8. The summed E-state index contributed by atoms with van der Waals surface area (Å²) in [5, 5.41) is 5.14. The standard InChI is InChI=1S/C16H18ClN/c1-16(2)9-14-12-6-4-3-5-11(12)7-8-13(14)15(10-17)18-16/h3-8,15,18H,9-10H2,1-2H3/p+1. The van der Waals surface area contributed by atoms with Crippen LogP contribution in [0.25, 0.3) is 10.8 Å². The molecule has 0 fully saturated rings. The summed E-state index contributed by atoms with van der Waals surface area (Å²) in [5.41, 5.74) is 3.14. The lowest BCUT2D eigenvalue weighted by Crippen LogP contribution is -2.98. The first-order chi connectivity index (χ1) is 8.61. The van der Waals surface area contributed by atoms with Gasteiger partial charge in [-0.2, -0.15) is 0 Å². The number of hydrogen-bond donors (Lipinski definition) is 1. The van der Waals surface area contributed by atoms with Crippen molar-refractivity contribution in [1.29, 1.82) is 0 Å². The minimum Gasteiger partial charge on any atom is -0.334 e. The average molecular weight is 261 g/mol. The van der Waals surface area contributed by atoms with Gasteiger partial charge >= 0.3 is 0 Å². The van der Waals surface area contributed by atoms with E-state index in [1.807, 2.05) is 0 Å². The van der Waals surface area contributed by atoms with Gasteiger partial charge in [0.05, 0.1) is 11.4 Å². The predicted octanol–water partition coefficient (Wildman–Crippen LogP) is 3.02. The molecule has 0 aliphatic carbocycles. The Bertz CT molecular complexity index is 589. The number of benzene rings is 2. The molecule has 0 saturated carbocycles. The topological polar surface area (TPSA) is 16.6 Å². The summed E-state index contributed by atoms with van der Waals surface area (Å²) in [6.07, 6.45) is 1.11. The molecule has 2 heteroatoms. The van der Waals surface area contributed by atoms with E-state index in [1.165, 1.54) is 21.9 Å². The van der Waals surface area contributed by atoms with Gasteiger partial charge in [0.1, 0.15) is 6.04 Å². The zero-order valence-corrected chi connectivity index (χ0v) is 11.7. The molecule has 0 bridgehead atoms. The summed E-state index contributed by atoms with van der Waals surface area (Å²) >= 11 is 6.16. The fourth-order valence-electron chi connectivity index (χ4n) is 3.17. The van der Waals surface area contributed by atoms with Crippen LogP contribution in [-0.2, 0) is 6.42 Å². The number of hydrogen-bond acceptors (Lipinski definition) is 0. The molecule has 3 rings (SSSR count). The summed E-state index contributed by atoms with van der Waals surface area (Å²) < 4.78 is 0. The van der Waals surface area contributed by atoms with Crippen LogP contribution in [0.4, 0.5) is 0 Å². The number of quaternary nitrogens is 1. The van der Waals surface area contributed by atoms with Crippen molar-refractivity contribution in [2.45, 2.75) is 31.8 Å². The first-order valence-corrected chi connectivity index (χ1v) is 7.07. The van der Waals surface area contributed by atoms with E-state index in [0.29, 0.717) is 11.9 Å². The van der Waals surface area contributed by atoms with Gasteiger partial charge < -0.3 is 5.32 Å². The maximum Gasteiger partial charge on any atom is 0.126 e. The van der Waals surface area contributed by atoms with E-state index in [9.17, 15) is 0 Å². The largest absolute Gasteiger partial charge is 0.334 e. The van der Waals surface area contributed by atoms with Gasteiger partial charge in [-0.15, -0.1) is 11.6 Å². The molecule has 2 aromatic carbocycles. The van der Waals surface area contributed by atoms with Gasteiger partial charge in [0.15, 0.2) is 0 Å². The lowest BCUT2D eigenvalue weighted by atomic mass is 9.81. The minimum atomic E-state index is 0.233.